The van der Waals surface area contributed by atoms with Crippen LogP contribution in [0.1, 0.15) is 18.9 Å². The van der Waals surface area contributed by atoms with E-state index in [1.807, 2.05) is 18.2 Å². The van der Waals surface area contributed by atoms with E-state index < -0.39 is 0 Å². The van der Waals surface area contributed by atoms with Gasteiger partial charge in [0.25, 0.3) is 0 Å². The van der Waals surface area contributed by atoms with Crippen molar-refractivity contribution in [2.75, 3.05) is 18.5 Å². The van der Waals surface area contributed by atoms with Crippen molar-refractivity contribution in [2.45, 2.75) is 19.8 Å². The number of hydrogen-bond acceptors (Lipinski definition) is 2. The van der Waals surface area contributed by atoms with Gasteiger partial charge >= 0.3 is 0 Å². The number of rotatable bonds is 7. The van der Waals surface area contributed by atoms with E-state index in [0.717, 1.165) is 30.8 Å². The van der Waals surface area contributed by atoms with Crippen LogP contribution in [-0.4, -0.2) is 13.2 Å². The monoisotopic (exact) mass is 255 g/mol. The first kappa shape index (κ1) is 13.5. The van der Waals surface area contributed by atoms with Gasteiger partial charge in [0, 0.05) is 24.7 Å². The summed E-state index contributed by atoms with van der Waals surface area (Å²) >= 11 is 0. The van der Waals surface area contributed by atoms with Crippen molar-refractivity contribution in [2.24, 2.45) is 0 Å². The Morgan fingerprint density at radius 1 is 1.00 bits per heavy atom. The van der Waals surface area contributed by atoms with Gasteiger partial charge in [0.05, 0.1) is 6.61 Å². The van der Waals surface area contributed by atoms with Crippen LogP contribution in [0, 0.1) is 0 Å². The minimum atomic E-state index is 0.710. The van der Waals surface area contributed by atoms with E-state index in [0.29, 0.717) is 6.61 Å². The topological polar surface area (TPSA) is 21.3 Å². The van der Waals surface area contributed by atoms with Gasteiger partial charge < -0.3 is 10.1 Å². The Kier molecular flexibility index (Phi) is 5.30. The molecule has 2 nitrogen and oxygen atoms in total. The summed E-state index contributed by atoms with van der Waals surface area (Å²) < 4.78 is 5.79. The van der Waals surface area contributed by atoms with E-state index in [2.05, 4.69) is 48.6 Å². The molecule has 2 aromatic rings. The van der Waals surface area contributed by atoms with Crippen molar-refractivity contribution in [1.82, 2.24) is 0 Å². The molecule has 0 heterocycles. The highest BCUT2D eigenvalue weighted by atomic mass is 16.5. The van der Waals surface area contributed by atoms with Gasteiger partial charge in [-0.1, -0.05) is 43.3 Å². The highest BCUT2D eigenvalue weighted by molar-refractivity contribution is 5.48. The molecule has 0 radical (unpaired) electrons. The number of benzene rings is 2. The lowest BCUT2D eigenvalue weighted by Gasteiger charge is -2.09. The van der Waals surface area contributed by atoms with Crippen LogP contribution in [0.2, 0.25) is 0 Å². The van der Waals surface area contributed by atoms with Crippen LogP contribution in [0.5, 0.6) is 5.75 Å². The van der Waals surface area contributed by atoms with E-state index in [9.17, 15) is 0 Å². The van der Waals surface area contributed by atoms with Crippen LogP contribution in [0.3, 0.4) is 0 Å². The fourth-order valence-electron chi connectivity index (χ4n) is 1.90. The zero-order valence-electron chi connectivity index (χ0n) is 11.4. The van der Waals surface area contributed by atoms with Gasteiger partial charge in [0.2, 0.25) is 0 Å². The Balaban J connectivity index is 1.82. The lowest BCUT2D eigenvalue weighted by atomic mass is 10.2. The standard InChI is InChI=1S/C17H21NO/c1-2-12-18-16-9-6-10-17(14-16)19-13-11-15-7-4-3-5-8-15/h3-10,14,18H,2,11-13H2,1H3. The molecule has 2 aromatic carbocycles. The molecule has 0 saturated heterocycles. The van der Waals surface area contributed by atoms with Gasteiger partial charge in [0.15, 0.2) is 0 Å². The Morgan fingerprint density at radius 2 is 1.84 bits per heavy atom. The number of anilines is 1. The summed E-state index contributed by atoms with van der Waals surface area (Å²) in [5, 5.41) is 3.36. The molecule has 0 atom stereocenters. The van der Waals surface area contributed by atoms with E-state index in [4.69, 9.17) is 4.74 Å². The molecule has 0 aliphatic carbocycles. The third-order valence-electron chi connectivity index (χ3n) is 2.92. The van der Waals surface area contributed by atoms with Gasteiger partial charge in [-0.2, -0.15) is 0 Å². The Labute approximate surface area is 115 Å². The summed E-state index contributed by atoms with van der Waals surface area (Å²) in [5.41, 5.74) is 2.43. The van der Waals surface area contributed by atoms with Crippen LogP contribution in [0.15, 0.2) is 54.6 Å². The second-order valence-electron chi connectivity index (χ2n) is 4.54. The largest absolute Gasteiger partial charge is 0.493 e. The summed E-state index contributed by atoms with van der Waals surface area (Å²) in [6, 6.07) is 18.6. The van der Waals surface area contributed by atoms with Crippen LogP contribution in [-0.2, 0) is 6.42 Å². The summed E-state index contributed by atoms with van der Waals surface area (Å²) in [6.45, 7) is 3.86. The Morgan fingerprint density at radius 3 is 2.63 bits per heavy atom. The maximum atomic E-state index is 5.79. The minimum absolute atomic E-state index is 0.710. The molecule has 0 spiro atoms. The molecule has 0 aliphatic heterocycles. The minimum Gasteiger partial charge on any atom is -0.493 e. The smallest absolute Gasteiger partial charge is 0.121 e. The van der Waals surface area contributed by atoms with Crippen molar-refractivity contribution in [3.63, 3.8) is 0 Å². The average molecular weight is 255 g/mol. The second kappa shape index (κ2) is 7.47. The third-order valence-corrected chi connectivity index (χ3v) is 2.92. The summed E-state index contributed by atoms with van der Waals surface area (Å²) in [5.74, 6) is 0.928. The molecule has 0 fully saturated rings. The second-order valence-corrected chi connectivity index (χ2v) is 4.54. The SMILES string of the molecule is CCCNc1cccc(OCCc2ccccc2)c1. The zero-order chi connectivity index (χ0) is 13.3. The molecule has 0 aromatic heterocycles. The van der Waals surface area contributed by atoms with Crippen LogP contribution < -0.4 is 10.1 Å². The molecule has 1 N–H and O–H groups in total. The van der Waals surface area contributed by atoms with Crippen molar-refractivity contribution < 1.29 is 4.74 Å². The van der Waals surface area contributed by atoms with Gasteiger partial charge in [-0.15, -0.1) is 0 Å². The lowest BCUT2D eigenvalue weighted by Crippen LogP contribution is -2.03. The number of ether oxygens (including phenoxy) is 1. The van der Waals surface area contributed by atoms with Gasteiger partial charge in [-0.3, -0.25) is 0 Å². The highest BCUT2D eigenvalue weighted by Gasteiger charge is 1.97. The summed E-state index contributed by atoms with van der Waals surface area (Å²) in [7, 11) is 0. The molecular weight excluding hydrogens is 234 g/mol. The fraction of sp³-hybridized carbons (Fsp3) is 0.294. The highest BCUT2D eigenvalue weighted by Crippen LogP contribution is 2.17. The molecular formula is C17H21NO. The first-order chi connectivity index (χ1) is 9.38. The quantitative estimate of drug-likeness (QED) is 0.803. The molecule has 0 aliphatic rings. The number of hydrogen-bond donors (Lipinski definition) is 1. The molecule has 0 amide bonds. The summed E-state index contributed by atoms with van der Waals surface area (Å²) in [4.78, 5) is 0. The first-order valence-electron chi connectivity index (χ1n) is 6.89. The average Bonchev–Trinajstić information content (AvgIpc) is 2.47. The van der Waals surface area contributed by atoms with Crippen molar-refractivity contribution in [1.29, 1.82) is 0 Å². The van der Waals surface area contributed by atoms with Crippen molar-refractivity contribution >= 4 is 5.69 Å². The van der Waals surface area contributed by atoms with E-state index in [-0.39, 0.29) is 0 Å². The first-order valence-corrected chi connectivity index (χ1v) is 6.89. The Bertz CT molecular complexity index is 482. The van der Waals surface area contributed by atoms with Gasteiger partial charge in [-0.05, 0) is 24.1 Å². The molecule has 0 unspecified atom stereocenters. The van der Waals surface area contributed by atoms with Crippen LogP contribution in [0.4, 0.5) is 5.69 Å². The van der Waals surface area contributed by atoms with Crippen LogP contribution >= 0.6 is 0 Å². The Hall–Kier alpha value is -1.96. The molecule has 0 bridgehead atoms. The molecule has 100 valence electrons. The molecule has 2 rings (SSSR count). The van der Waals surface area contributed by atoms with Crippen molar-refractivity contribution in [3.05, 3.63) is 60.2 Å². The van der Waals surface area contributed by atoms with E-state index >= 15 is 0 Å². The van der Waals surface area contributed by atoms with Gasteiger partial charge in [-0.25, -0.2) is 0 Å². The molecule has 0 saturated carbocycles. The van der Waals surface area contributed by atoms with Crippen LogP contribution in [0.25, 0.3) is 0 Å². The predicted molar refractivity (Wildman–Crippen MR) is 80.9 cm³/mol. The normalized spacial score (nSPS) is 10.2. The number of nitrogens with one attached hydrogen (secondary N) is 1. The maximum absolute atomic E-state index is 5.79. The fourth-order valence-corrected chi connectivity index (χ4v) is 1.90. The predicted octanol–water partition coefficient (Wildman–Crippen LogP) is 4.13. The molecule has 2 heteroatoms. The van der Waals surface area contributed by atoms with E-state index in [1.165, 1.54) is 5.56 Å². The zero-order valence-corrected chi connectivity index (χ0v) is 11.4. The lowest BCUT2D eigenvalue weighted by molar-refractivity contribution is 0.322. The van der Waals surface area contributed by atoms with E-state index in [1.54, 1.807) is 0 Å². The third kappa shape index (κ3) is 4.66. The van der Waals surface area contributed by atoms with Crippen molar-refractivity contribution in [3.8, 4) is 5.75 Å². The molecule has 19 heavy (non-hydrogen) atoms. The van der Waals surface area contributed by atoms with Gasteiger partial charge in [0.1, 0.15) is 5.75 Å². The maximum Gasteiger partial charge on any atom is 0.121 e. The summed E-state index contributed by atoms with van der Waals surface area (Å²) in [6.07, 6.45) is 2.06.